The van der Waals surface area contributed by atoms with Crippen molar-refractivity contribution in [3.63, 3.8) is 0 Å². The minimum absolute atomic E-state index is 0.0326. The van der Waals surface area contributed by atoms with Gasteiger partial charge in [-0.25, -0.2) is 8.42 Å². The molecular weight excluding hydrogens is 392 g/mol. The summed E-state index contributed by atoms with van der Waals surface area (Å²) in [5.41, 5.74) is 0.218. The van der Waals surface area contributed by atoms with E-state index in [9.17, 15) is 13.2 Å². The van der Waals surface area contributed by atoms with Gasteiger partial charge in [-0.15, -0.1) is 0 Å². The quantitative estimate of drug-likeness (QED) is 0.798. The Kier molecular flexibility index (Phi) is 5.49. The largest absolute Gasteiger partial charge is 0.489 e. The lowest BCUT2D eigenvalue weighted by atomic mass is 10.1. The maximum absolute atomic E-state index is 13.0. The number of nitrogens with zero attached hydrogens (tertiary/aromatic N) is 1. The summed E-state index contributed by atoms with van der Waals surface area (Å²) in [6, 6.07) is 11.4. The number of anilines is 2. The van der Waals surface area contributed by atoms with Gasteiger partial charge in [-0.3, -0.25) is 9.52 Å². The first-order valence-corrected chi connectivity index (χ1v) is 10.9. The zero-order valence-corrected chi connectivity index (χ0v) is 18.0. The number of carbonyl (C=O) groups excluding carboxylic acids is 1. The number of benzene rings is 2. The van der Waals surface area contributed by atoms with Crippen molar-refractivity contribution in [2.45, 2.75) is 51.2 Å². The first-order valence-electron chi connectivity index (χ1n) is 9.38. The van der Waals surface area contributed by atoms with Crippen molar-refractivity contribution < 1.29 is 22.7 Å². The lowest BCUT2D eigenvalue weighted by molar-refractivity contribution is -0.117. The van der Waals surface area contributed by atoms with Gasteiger partial charge in [0.2, 0.25) is 5.91 Å². The van der Waals surface area contributed by atoms with Crippen LogP contribution in [0.1, 0.15) is 34.6 Å². The van der Waals surface area contributed by atoms with E-state index in [1.807, 2.05) is 27.7 Å². The van der Waals surface area contributed by atoms with Crippen LogP contribution in [-0.4, -0.2) is 32.6 Å². The second-order valence-electron chi connectivity index (χ2n) is 7.86. The molecule has 1 N–H and O–H groups in total. The fourth-order valence-electron chi connectivity index (χ4n) is 3.15. The zero-order chi connectivity index (χ0) is 21.4. The van der Waals surface area contributed by atoms with Crippen LogP contribution in [0.4, 0.5) is 11.4 Å². The van der Waals surface area contributed by atoms with Gasteiger partial charge in [0.15, 0.2) is 0 Å². The van der Waals surface area contributed by atoms with Gasteiger partial charge in [0.25, 0.3) is 10.0 Å². The van der Waals surface area contributed by atoms with Gasteiger partial charge in [-0.2, -0.15) is 0 Å². The highest BCUT2D eigenvalue weighted by Crippen LogP contribution is 2.39. The topological polar surface area (TPSA) is 84.9 Å². The number of sulfonamides is 1. The number of hydrogen-bond acceptors (Lipinski definition) is 5. The molecule has 1 amide bonds. The third kappa shape index (κ3) is 4.64. The fraction of sp³-hybridized carbons (Fsp3) is 0.381. The van der Waals surface area contributed by atoms with Gasteiger partial charge in [-0.1, -0.05) is 12.1 Å². The van der Waals surface area contributed by atoms with E-state index in [2.05, 4.69) is 4.72 Å². The highest BCUT2D eigenvalue weighted by molar-refractivity contribution is 7.92. The molecule has 0 atom stereocenters. The molecule has 0 aromatic heterocycles. The van der Waals surface area contributed by atoms with Crippen LogP contribution < -0.4 is 19.1 Å². The molecule has 1 aliphatic rings. The Balaban J connectivity index is 1.98. The summed E-state index contributed by atoms with van der Waals surface area (Å²) in [4.78, 5) is 13.7. The van der Waals surface area contributed by atoms with Gasteiger partial charge in [0, 0.05) is 6.92 Å². The van der Waals surface area contributed by atoms with E-state index in [1.165, 1.54) is 24.0 Å². The molecule has 0 unspecified atom stereocenters. The van der Waals surface area contributed by atoms with Crippen molar-refractivity contribution in [2.24, 2.45) is 0 Å². The van der Waals surface area contributed by atoms with Crippen molar-refractivity contribution >= 4 is 27.3 Å². The summed E-state index contributed by atoms with van der Waals surface area (Å²) in [6.07, 6.45) is -0.103. The van der Waals surface area contributed by atoms with Crippen molar-refractivity contribution in [1.29, 1.82) is 0 Å². The van der Waals surface area contributed by atoms with Crippen LogP contribution in [0.2, 0.25) is 0 Å². The standard InChI is InChI=1S/C21H26N2O5S/c1-14(2)27-19-9-7-6-8-17(19)22-29(25,26)16-10-11-20-18(12-16)23(15(3)24)13-21(4,5)28-20/h6-12,14,22H,13H2,1-5H3. The van der Waals surface area contributed by atoms with E-state index in [-0.39, 0.29) is 16.9 Å². The van der Waals surface area contributed by atoms with Crippen LogP contribution in [0.15, 0.2) is 47.4 Å². The van der Waals surface area contributed by atoms with E-state index < -0.39 is 15.6 Å². The molecule has 2 aromatic rings. The molecular formula is C21H26N2O5S. The average molecular weight is 419 g/mol. The molecule has 0 fully saturated rings. The highest BCUT2D eigenvalue weighted by Gasteiger charge is 2.34. The molecule has 0 aliphatic carbocycles. The summed E-state index contributed by atoms with van der Waals surface area (Å²) in [5, 5.41) is 0. The molecule has 156 valence electrons. The third-order valence-corrected chi connectivity index (χ3v) is 5.69. The van der Waals surface area contributed by atoms with Crippen molar-refractivity contribution in [3.05, 3.63) is 42.5 Å². The summed E-state index contributed by atoms with van der Waals surface area (Å²) in [6.45, 7) is 9.27. The molecule has 0 bridgehead atoms. The second kappa shape index (κ2) is 7.59. The Labute approximate surface area is 171 Å². The Morgan fingerprint density at radius 1 is 1.21 bits per heavy atom. The minimum Gasteiger partial charge on any atom is -0.489 e. The summed E-state index contributed by atoms with van der Waals surface area (Å²) >= 11 is 0. The number of nitrogens with one attached hydrogen (secondary N) is 1. The molecule has 29 heavy (non-hydrogen) atoms. The van der Waals surface area contributed by atoms with Gasteiger partial charge in [0.05, 0.1) is 28.9 Å². The van der Waals surface area contributed by atoms with Gasteiger partial charge >= 0.3 is 0 Å². The second-order valence-corrected chi connectivity index (χ2v) is 9.55. The number of para-hydroxylation sites is 2. The van der Waals surface area contributed by atoms with E-state index >= 15 is 0 Å². The smallest absolute Gasteiger partial charge is 0.262 e. The fourth-order valence-corrected chi connectivity index (χ4v) is 4.24. The third-order valence-electron chi connectivity index (χ3n) is 4.33. The van der Waals surface area contributed by atoms with Crippen LogP contribution >= 0.6 is 0 Å². The molecule has 0 radical (unpaired) electrons. The molecule has 1 heterocycles. The molecule has 0 saturated carbocycles. The monoisotopic (exact) mass is 418 g/mol. The Hall–Kier alpha value is -2.74. The van der Waals surface area contributed by atoms with E-state index in [0.717, 1.165) is 0 Å². The molecule has 7 nitrogen and oxygen atoms in total. The molecule has 1 aliphatic heterocycles. The van der Waals surface area contributed by atoms with Crippen molar-refractivity contribution in [1.82, 2.24) is 0 Å². The summed E-state index contributed by atoms with van der Waals surface area (Å²) in [5.74, 6) is 0.735. The van der Waals surface area contributed by atoms with E-state index in [4.69, 9.17) is 9.47 Å². The van der Waals surface area contributed by atoms with E-state index in [0.29, 0.717) is 29.4 Å². The van der Waals surface area contributed by atoms with Crippen LogP contribution in [0, 0.1) is 0 Å². The predicted octanol–water partition coefficient (Wildman–Crippen LogP) is 3.80. The van der Waals surface area contributed by atoms with Crippen LogP contribution in [0.25, 0.3) is 0 Å². The molecule has 8 heteroatoms. The van der Waals surface area contributed by atoms with Gasteiger partial charge < -0.3 is 14.4 Å². The number of amides is 1. The van der Waals surface area contributed by atoms with Crippen LogP contribution in [0.3, 0.4) is 0 Å². The van der Waals surface area contributed by atoms with Crippen molar-refractivity contribution in [3.8, 4) is 11.5 Å². The van der Waals surface area contributed by atoms with E-state index in [1.54, 1.807) is 30.3 Å². The SMILES string of the molecule is CC(=O)N1CC(C)(C)Oc2ccc(S(=O)(=O)Nc3ccccc3OC(C)C)cc21. The normalized spacial score (nSPS) is 15.4. The van der Waals surface area contributed by atoms with Crippen molar-refractivity contribution in [2.75, 3.05) is 16.2 Å². The molecule has 0 spiro atoms. The van der Waals surface area contributed by atoms with Gasteiger partial charge in [-0.05, 0) is 58.0 Å². The zero-order valence-electron chi connectivity index (χ0n) is 17.2. The number of fused-ring (bicyclic) bond motifs is 1. The average Bonchev–Trinajstić information content (AvgIpc) is 2.60. The number of rotatable bonds is 5. The number of hydrogen-bond donors (Lipinski definition) is 1. The predicted molar refractivity (Wildman–Crippen MR) is 112 cm³/mol. The molecule has 0 saturated heterocycles. The number of ether oxygens (including phenoxy) is 2. The Morgan fingerprint density at radius 3 is 2.55 bits per heavy atom. The maximum atomic E-state index is 13.0. The lowest BCUT2D eigenvalue weighted by Gasteiger charge is -2.39. The van der Waals surface area contributed by atoms with Crippen LogP contribution in [-0.2, 0) is 14.8 Å². The lowest BCUT2D eigenvalue weighted by Crippen LogP contribution is -2.48. The first kappa shape index (κ1) is 21.0. The van der Waals surface area contributed by atoms with Gasteiger partial charge in [0.1, 0.15) is 17.1 Å². The Bertz CT molecular complexity index is 1030. The minimum atomic E-state index is -3.91. The molecule has 3 rings (SSSR count). The first-order chi connectivity index (χ1) is 13.5. The maximum Gasteiger partial charge on any atom is 0.262 e. The van der Waals surface area contributed by atoms with Crippen LogP contribution in [0.5, 0.6) is 11.5 Å². The summed E-state index contributed by atoms with van der Waals surface area (Å²) in [7, 11) is -3.91. The Morgan fingerprint density at radius 2 is 1.90 bits per heavy atom. The summed E-state index contributed by atoms with van der Waals surface area (Å²) < 4.78 is 40.2. The molecule has 2 aromatic carbocycles. The number of carbonyl (C=O) groups is 1. The highest BCUT2D eigenvalue weighted by atomic mass is 32.2.